The SMILES string of the molecule is Cc1noc(C)c1CCC(=O)NC(Cn1cccn1)c1ccccc1. The monoisotopic (exact) mass is 338 g/mol. The van der Waals surface area contributed by atoms with Crippen molar-refractivity contribution in [1.82, 2.24) is 20.3 Å². The number of nitrogens with one attached hydrogen (secondary N) is 1. The van der Waals surface area contributed by atoms with E-state index in [-0.39, 0.29) is 11.9 Å². The predicted octanol–water partition coefficient (Wildman–Crippen LogP) is 2.98. The van der Waals surface area contributed by atoms with E-state index in [9.17, 15) is 4.79 Å². The topological polar surface area (TPSA) is 73.0 Å². The van der Waals surface area contributed by atoms with E-state index in [0.717, 1.165) is 22.6 Å². The van der Waals surface area contributed by atoms with Gasteiger partial charge in [-0.2, -0.15) is 5.10 Å². The first-order valence-electron chi connectivity index (χ1n) is 8.37. The van der Waals surface area contributed by atoms with Gasteiger partial charge in [0.2, 0.25) is 5.91 Å². The average Bonchev–Trinajstić information content (AvgIpc) is 3.24. The van der Waals surface area contributed by atoms with Gasteiger partial charge in [-0.1, -0.05) is 35.5 Å². The van der Waals surface area contributed by atoms with Crippen LogP contribution >= 0.6 is 0 Å². The van der Waals surface area contributed by atoms with E-state index in [1.165, 1.54) is 0 Å². The highest BCUT2D eigenvalue weighted by Gasteiger charge is 2.17. The number of amides is 1. The Morgan fingerprint density at radius 2 is 2.04 bits per heavy atom. The standard InChI is InChI=1S/C19H22N4O2/c1-14-17(15(2)25-22-14)9-10-19(24)21-18(13-23-12-6-11-20-23)16-7-4-3-5-8-16/h3-8,11-12,18H,9-10,13H2,1-2H3,(H,21,24). The summed E-state index contributed by atoms with van der Waals surface area (Å²) in [4.78, 5) is 12.5. The highest BCUT2D eigenvalue weighted by molar-refractivity contribution is 5.76. The molecule has 6 heteroatoms. The Morgan fingerprint density at radius 3 is 2.68 bits per heavy atom. The molecule has 25 heavy (non-hydrogen) atoms. The van der Waals surface area contributed by atoms with Crippen molar-refractivity contribution < 1.29 is 9.32 Å². The molecular formula is C19H22N4O2. The number of carbonyl (C=O) groups is 1. The van der Waals surface area contributed by atoms with Crippen molar-refractivity contribution >= 4 is 5.91 Å². The van der Waals surface area contributed by atoms with Crippen LogP contribution in [0.5, 0.6) is 0 Å². The molecule has 2 aromatic heterocycles. The molecule has 3 rings (SSSR count). The molecule has 0 radical (unpaired) electrons. The van der Waals surface area contributed by atoms with Crippen LogP contribution in [0.4, 0.5) is 0 Å². The third-order valence-corrected chi connectivity index (χ3v) is 4.25. The van der Waals surface area contributed by atoms with Crippen LogP contribution in [-0.2, 0) is 17.8 Å². The van der Waals surface area contributed by atoms with Crippen LogP contribution in [0.2, 0.25) is 0 Å². The van der Waals surface area contributed by atoms with Gasteiger partial charge in [-0.05, 0) is 31.9 Å². The van der Waals surface area contributed by atoms with Crippen LogP contribution in [-0.4, -0.2) is 20.8 Å². The Kier molecular flexibility index (Phi) is 5.28. The molecule has 0 spiro atoms. The largest absolute Gasteiger partial charge is 0.361 e. The van der Waals surface area contributed by atoms with Gasteiger partial charge in [0.25, 0.3) is 0 Å². The van der Waals surface area contributed by atoms with E-state index in [2.05, 4.69) is 15.6 Å². The maximum atomic E-state index is 12.5. The summed E-state index contributed by atoms with van der Waals surface area (Å²) in [6.07, 6.45) is 4.65. The van der Waals surface area contributed by atoms with E-state index in [1.54, 1.807) is 6.20 Å². The predicted molar refractivity (Wildman–Crippen MR) is 93.9 cm³/mol. The summed E-state index contributed by atoms with van der Waals surface area (Å²) in [6.45, 7) is 4.36. The van der Waals surface area contributed by atoms with Crippen LogP contribution in [0.3, 0.4) is 0 Å². The van der Waals surface area contributed by atoms with Crippen LogP contribution in [0, 0.1) is 13.8 Å². The molecule has 0 aliphatic heterocycles. The zero-order chi connectivity index (χ0) is 17.6. The molecule has 0 bridgehead atoms. The number of aromatic nitrogens is 3. The molecule has 6 nitrogen and oxygen atoms in total. The van der Waals surface area contributed by atoms with Crippen LogP contribution in [0.15, 0.2) is 53.3 Å². The minimum atomic E-state index is -0.127. The van der Waals surface area contributed by atoms with Gasteiger partial charge in [-0.25, -0.2) is 0 Å². The molecule has 1 atom stereocenters. The van der Waals surface area contributed by atoms with Crippen LogP contribution < -0.4 is 5.32 Å². The number of rotatable bonds is 7. The minimum Gasteiger partial charge on any atom is -0.361 e. The van der Waals surface area contributed by atoms with Gasteiger partial charge in [-0.3, -0.25) is 9.48 Å². The number of nitrogens with zero attached hydrogens (tertiary/aromatic N) is 3. The maximum Gasteiger partial charge on any atom is 0.220 e. The average molecular weight is 338 g/mol. The minimum absolute atomic E-state index is 0.000934. The molecule has 0 fully saturated rings. The van der Waals surface area contributed by atoms with Gasteiger partial charge in [0.15, 0.2) is 0 Å². The van der Waals surface area contributed by atoms with E-state index < -0.39 is 0 Å². The van der Waals surface area contributed by atoms with Crippen molar-refractivity contribution in [2.24, 2.45) is 0 Å². The normalized spacial score (nSPS) is 12.1. The molecule has 1 unspecified atom stereocenters. The number of carbonyl (C=O) groups excluding carboxylic acids is 1. The van der Waals surface area contributed by atoms with Gasteiger partial charge in [0.05, 0.1) is 18.3 Å². The first-order chi connectivity index (χ1) is 12.1. The molecule has 1 aromatic carbocycles. The lowest BCUT2D eigenvalue weighted by Gasteiger charge is -2.19. The van der Waals surface area contributed by atoms with Gasteiger partial charge in [0, 0.05) is 24.4 Å². The third-order valence-electron chi connectivity index (χ3n) is 4.25. The molecule has 3 aromatic rings. The Hall–Kier alpha value is -2.89. The molecule has 0 saturated heterocycles. The van der Waals surface area contributed by atoms with Crippen molar-refractivity contribution in [1.29, 1.82) is 0 Å². The van der Waals surface area contributed by atoms with Gasteiger partial charge >= 0.3 is 0 Å². The summed E-state index contributed by atoms with van der Waals surface area (Å²) in [5, 5.41) is 11.3. The summed E-state index contributed by atoms with van der Waals surface area (Å²) < 4.78 is 6.98. The zero-order valence-corrected chi connectivity index (χ0v) is 14.5. The number of aryl methyl sites for hydroxylation is 2. The zero-order valence-electron chi connectivity index (χ0n) is 14.5. The fourth-order valence-electron chi connectivity index (χ4n) is 2.88. The molecule has 0 saturated carbocycles. The fourth-order valence-corrected chi connectivity index (χ4v) is 2.88. The highest BCUT2D eigenvalue weighted by atomic mass is 16.5. The van der Waals surface area contributed by atoms with Crippen molar-refractivity contribution in [2.45, 2.75) is 39.3 Å². The second-order valence-electron chi connectivity index (χ2n) is 6.06. The van der Waals surface area contributed by atoms with Crippen LogP contribution in [0.25, 0.3) is 0 Å². The Labute approximate surface area is 146 Å². The lowest BCUT2D eigenvalue weighted by molar-refractivity contribution is -0.121. The Bertz CT molecular complexity index is 790. The van der Waals surface area contributed by atoms with E-state index in [4.69, 9.17) is 4.52 Å². The quantitative estimate of drug-likeness (QED) is 0.719. The summed E-state index contributed by atoms with van der Waals surface area (Å²) in [5.74, 6) is 0.780. The van der Waals surface area contributed by atoms with Gasteiger partial charge < -0.3 is 9.84 Å². The van der Waals surface area contributed by atoms with Crippen molar-refractivity contribution in [3.8, 4) is 0 Å². The molecule has 0 aliphatic rings. The second-order valence-corrected chi connectivity index (χ2v) is 6.06. The summed E-state index contributed by atoms with van der Waals surface area (Å²) >= 11 is 0. The number of hydrogen-bond acceptors (Lipinski definition) is 4. The van der Waals surface area contributed by atoms with Gasteiger partial charge in [-0.15, -0.1) is 0 Å². The lowest BCUT2D eigenvalue weighted by Crippen LogP contribution is -2.31. The number of benzene rings is 1. The Morgan fingerprint density at radius 1 is 1.24 bits per heavy atom. The number of hydrogen-bond donors (Lipinski definition) is 1. The second kappa shape index (κ2) is 7.79. The molecule has 130 valence electrons. The lowest BCUT2D eigenvalue weighted by atomic mass is 10.1. The summed E-state index contributed by atoms with van der Waals surface area (Å²) in [7, 11) is 0. The Balaban J connectivity index is 1.66. The third kappa shape index (κ3) is 4.35. The fraction of sp³-hybridized carbons (Fsp3) is 0.316. The summed E-state index contributed by atoms with van der Waals surface area (Å²) in [5.41, 5.74) is 2.92. The molecule has 0 aliphatic carbocycles. The summed E-state index contributed by atoms with van der Waals surface area (Å²) in [6, 6.07) is 11.7. The first kappa shape index (κ1) is 17.0. The van der Waals surface area contributed by atoms with E-state index in [0.29, 0.717) is 19.4 Å². The maximum absolute atomic E-state index is 12.5. The van der Waals surface area contributed by atoms with Gasteiger partial charge in [0.1, 0.15) is 5.76 Å². The van der Waals surface area contributed by atoms with Crippen LogP contribution in [0.1, 0.15) is 35.0 Å². The van der Waals surface area contributed by atoms with E-state index >= 15 is 0 Å². The molecule has 1 N–H and O–H groups in total. The van der Waals surface area contributed by atoms with E-state index in [1.807, 2.05) is 61.1 Å². The highest BCUT2D eigenvalue weighted by Crippen LogP contribution is 2.17. The van der Waals surface area contributed by atoms with Crippen molar-refractivity contribution in [3.05, 3.63) is 71.4 Å². The first-order valence-corrected chi connectivity index (χ1v) is 8.37. The molecule has 2 heterocycles. The molecular weight excluding hydrogens is 316 g/mol. The van der Waals surface area contributed by atoms with Crippen molar-refractivity contribution in [2.75, 3.05) is 0 Å². The smallest absolute Gasteiger partial charge is 0.220 e. The molecule has 1 amide bonds. The van der Waals surface area contributed by atoms with Crippen molar-refractivity contribution in [3.63, 3.8) is 0 Å².